The van der Waals surface area contributed by atoms with Crippen LogP contribution in [0.3, 0.4) is 0 Å². The van der Waals surface area contributed by atoms with Gasteiger partial charge in [0.1, 0.15) is 5.69 Å². The van der Waals surface area contributed by atoms with Crippen molar-refractivity contribution in [2.24, 2.45) is 12.8 Å². The first-order chi connectivity index (χ1) is 11.2. The van der Waals surface area contributed by atoms with Crippen molar-refractivity contribution in [1.82, 2.24) is 19.7 Å². The molecule has 2 aromatic heterocycles. The third kappa shape index (κ3) is 2.92. The Labute approximate surface area is 147 Å². The monoisotopic (exact) mass is 341 g/mol. The highest BCUT2D eigenvalue weighted by Gasteiger charge is 2.25. The molecule has 1 aliphatic rings. The zero-order valence-electron chi connectivity index (χ0n) is 13.5. The van der Waals surface area contributed by atoms with E-state index in [9.17, 15) is 0 Å². The second kappa shape index (κ2) is 6.71. The lowest BCUT2D eigenvalue weighted by atomic mass is 9.89. The van der Waals surface area contributed by atoms with Crippen LogP contribution in [-0.2, 0) is 13.5 Å². The fourth-order valence-corrected chi connectivity index (χ4v) is 3.18. The number of aromatic nitrogens is 4. The van der Waals surface area contributed by atoms with E-state index in [-0.39, 0.29) is 18.4 Å². The highest BCUT2D eigenvalue weighted by atomic mass is 35.5. The van der Waals surface area contributed by atoms with Crippen molar-refractivity contribution in [1.29, 1.82) is 0 Å². The van der Waals surface area contributed by atoms with E-state index in [1.54, 1.807) is 4.68 Å². The molecule has 0 aliphatic heterocycles. The predicted octanol–water partition coefficient (Wildman–Crippen LogP) is 3.30. The van der Waals surface area contributed by atoms with Crippen molar-refractivity contribution in [3.8, 4) is 22.8 Å². The first-order valence-corrected chi connectivity index (χ1v) is 7.94. The van der Waals surface area contributed by atoms with E-state index < -0.39 is 0 Å². The maximum Gasteiger partial charge on any atom is 0.160 e. The molecule has 4 rings (SSSR count). The van der Waals surface area contributed by atoms with Gasteiger partial charge in [0, 0.05) is 36.1 Å². The number of hydrogen-bond acceptors (Lipinski definition) is 4. The van der Waals surface area contributed by atoms with E-state index >= 15 is 0 Å². The van der Waals surface area contributed by atoms with Crippen molar-refractivity contribution in [2.75, 3.05) is 0 Å². The average molecular weight is 342 g/mol. The number of fused-ring (bicyclic) bond motifs is 1. The van der Waals surface area contributed by atoms with Crippen LogP contribution in [0.5, 0.6) is 0 Å². The SMILES string of the molecule is Cl.Cn1ccc(-c2nc(-c3ccccc3)nc3c2C(N)CCC3)n1. The maximum atomic E-state index is 6.37. The zero-order valence-corrected chi connectivity index (χ0v) is 14.3. The summed E-state index contributed by atoms with van der Waals surface area (Å²) in [6.07, 6.45) is 4.92. The summed E-state index contributed by atoms with van der Waals surface area (Å²) >= 11 is 0. The summed E-state index contributed by atoms with van der Waals surface area (Å²) in [7, 11) is 1.91. The van der Waals surface area contributed by atoms with Crippen LogP contribution in [0.25, 0.3) is 22.8 Å². The molecular weight excluding hydrogens is 322 g/mol. The molecule has 0 radical (unpaired) electrons. The molecule has 1 aromatic carbocycles. The molecule has 6 heteroatoms. The number of aryl methyl sites for hydroxylation is 2. The molecule has 0 saturated carbocycles. The van der Waals surface area contributed by atoms with E-state index in [4.69, 9.17) is 15.7 Å². The molecule has 0 amide bonds. The van der Waals surface area contributed by atoms with Crippen LogP contribution in [0.1, 0.15) is 30.1 Å². The van der Waals surface area contributed by atoms with E-state index in [2.05, 4.69) is 5.10 Å². The summed E-state index contributed by atoms with van der Waals surface area (Å²) in [5, 5.41) is 4.53. The van der Waals surface area contributed by atoms with Gasteiger partial charge in [-0.05, 0) is 25.3 Å². The summed E-state index contributed by atoms with van der Waals surface area (Å²) in [6.45, 7) is 0. The number of halogens is 1. The van der Waals surface area contributed by atoms with Gasteiger partial charge in [0.25, 0.3) is 0 Å². The lowest BCUT2D eigenvalue weighted by molar-refractivity contribution is 0.558. The Kier molecular flexibility index (Phi) is 4.64. The summed E-state index contributed by atoms with van der Waals surface area (Å²) in [5.41, 5.74) is 11.3. The summed E-state index contributed by atoms with van der Waals surface area (Å²) < 4.78 is 1.79. The van der Waals surface area contributed by atoms with Crippen molar-refractivity contribution in [3.63, 3.8) is 0 Å². The molecule has 0 spiro atoms. The lowest BCUT2D eigenvalue weighted by Crippen LogP contribution is -2.21. The minimum Gasteiger partial charge on any atom is -0.324 e. The smallest absolute Gasteiger partial charge is 0.160 e. The first kappa shape index (κ1) is 16.6. The molecule has 1 atom stereocenters. The molecule has 24 heavy (non-hydrogen) atoms. The third-order valence-electron chi connectivity index (χ3n) is 4.31. The van der Waals surface area contributed by atoms with Crippen LogP contribution in [0, 0.1) is 0 Å². The second-order valence-corrected chi connectivity index (χ2v) is 6.00. The Morgan fingerprint density at radius 3 is 2.62 bits per heavy atom. The number of nitrogens with zero attached hydrogens (tertiary/aromatic N) is 4. The van der Waals surface area contributed by atoms with Gasteiger partial charge in [-0.2, -0.15) is 5.10 Å². The molecule has 2 heterocycles. The summed E-state index contributed by atoms with van der Waals surface area (Å²) in [5.74, 6) is 0.749. The van der Waals surface area contributed by atoms with Gasteiger partial charge >= 0.3 is 0 Å². The largest absolute Gasteiger partial charge is 0.324 e. The molecule has 124 valence electrons. The Balaban J connectivity index is 0.00000169. The number of hydrogen-bond donors (Lipinski definition) is 1. The molecular formula is C18H20ClN5. The number of rotatable bonds is 2. The van der Waals surface area contributed by atoms with E-state index in [1.165, 1.54) is 0 Å². The minimum absolute atomic E-state index is 0. The van der Waals surface area contributed by atoms with Gasteiger partial charge in [0.2, 0.25) is 0 Å². The van der Waals surface area contributed by atoms with Crippen molar-refractivity contribution >= 4 is 12.4 Å². The van der Waals surface area contributed by atoms with E-state index in [0.717, 1.165) is 53.3 Å². The van der Waals surface area contributed by atoms with Gasteiger partial charge in [0.05, 0.1) is 5.69 Å². The van der Waals surface area contributed by atoms with Crippen LogP contribution >= 0.6 is 12.4 Å². The molecule has 3 aromatic rings. The van der Waals surface area contributed by atoms with Crippen molar-refractivity contribution in [3.05, 3.63) is 53.9 Å². The van der Waals surface area contributed by atoms with Crippen LogP contribution in [0.15, 0.2) is 42.6 Å². The minimum atomic E-state index is -0.0134. The van der Waals surface area contributed by atoms with Gasteiger partial charge in [0.15, 0.2) is 5.82 Å². The van der Waals surface area contributed by atoms with Gasteiger partial charge in [-0.25, -0.2) is 9.97 Å². The molecule has 0 bridgehead atoms. The van der Waals surface area contributed by atoms with Gasteiger partial charge < -0.3 is 5.73 Å². The maximum absolute atomic E-state index is 6.37. The second-order valence-electron chi connectivity index (χ2n) is 6.00. The fourth-order valence-electron chi connectivity index (χ4n) is 3.18. The molecule has 1 unspecified atom stereocenters. The van der Waals surface area contributed by atoms with Crippen molar-refractivity contribution in [2.45, 2.75) is 25.3 Å². The van der Waals surface area contributed by atoms with Crippen LogP contribution in [0.4, 0.5) is 0 Å². The van der Waals surface area contributed by atoms with Crippen molar-refractivity contribution < 1.29 is 0 Å². The normalized spacial score (nSPS) is 16.3. The third-order valence-corrected chi connectivity index (χ3v) is 4.31. The quantitative estimate of drug-likeness (QED) is 0.776. The molecule has 2 N–H and O–H groups in total. The van der Waals surface area contributed by atoms with Gasteiger partial charge in [-0.3, -0.25) is 4.68 Å². The Morgan fingerprint density at radius 1 is 1.12 bits per heavy atom. The molecule has 0 fully saturated rings. The van der Waals surface area contributed by atoms with Gasteiger partial charge in [-0.15, -0.1) is 12.4 Å². The fraction of sp³-hybridized carbons (Fsp3) is 0.278. The number of nitrogens with two attached hydrogens (primary N) is 1. The zero-order chi connectivity index (χ0) is 15.8. The predicted molar refractivity (Wildman–Crippen MR) is 96.8 cm³/mol. The highest BCUT2D eigenvalue weighted by Crippen LogP contribution is 2.35. The number of benzene rings is 1. The Bertz CT molecular complexity index is 844. The first-order valence-electron chi connectivity index (χ1n) is 7.94. The van der Waals surface area contributed by atoms with Crippen LogP contribution in [-0.4, -0.2) is 19.7 Å². The van der Waals surface area contributed by atoms with Gasteiger partial charge in [-0.1, -0.05) is 30.3 Å². The lowest BCUT2D eigenvalue weighted by Gasteiger charge is -2.24. The molecule has 5 nitrogen and oxygen atoms in total. The van der Waals surface area contributed by atoms with E-state index in [1.807, 2.05) is 49.6 Å². The standard InChI is InChI=1S/C18H19N5.ClH/c1-23-11-10-15(22-23)17-16-13(19)8-5-9-14(16)20-18(21-17)12-6-3-2-4-7-12;/h2-4,6-7,10-11,13H,5,8-9,19H2,1H3;1H. The summed E-state index contributed by atoms with van der Waals surface area (Å²) in [6, 6.07) is 12.0. The average Bonchev–Trinajstić information content (AvgIpc) is 3.01. The van der Waals surface area contributed by atoms with Crippen LogP contribution < -0.4 is 5.73 Å². The van der Waals surface area contributed by atoms with Crippen LogP contribution in [0.2, 0.25) is 0 Å². The highest BCUT2D eigenvalue weighted by molar-refractivity contribution is 5.85. The summed E-state index contributed by atoms with van der Waals surface area (Å²) in [4.78, 5) is 9.62. The molecule has 0 saturated heterocycles. The molecule has 1 aliphatic carbocycles. The Hall–Kier alpha value is -2.24. The Morgan fingerprint density at radius 2 is 1.92 bits per heavy atom. The van der Waals surface area contributed by atoms with E-state index in [0.29, 0.717) is 0 Å². The topological polar surface area (TPSA) is 69.6 Å².